The first-order valence-electron chi connectivity index (χ1n) is 9.71. The van der Waals surface area contributed by atoms with Gasteiger partial charge in [0.25, 0.3) is 0 Å². The molecule has 1 fully saturated rings. The number of anilines is 1. The topological polar surface area (TPSA) is 130 Å². The van der Waals surface area contributed by atoms with Gasteiger partial charge in [0.2, 0.25) is 26.0 Å². The Bertz CT molecular complexity index is 1140. The summed E-state index contributed by atoms with van der Waals surface area (Å²) < 4.78 is 49.5. The number of rotatable bonds is 7. The van der Waals surface area contributed by atoms with E-state index in [0.717, 1.165) is 5.56 Å². The lowest BCUT2D eigenvalue weighted by Crippen LogP contribution is -2.50. The van der Waals surface area contributed by atoms with Crippen molar-refractivity contribution in [2.45, 2.75) is 17.6 Å². The van der Waals surface area contributed by atoms with Crippen molar-refractivity contribution in [3.05, 3.63) is 59.7 Å². The molecule has 31 heavy (non-hydrogen) atoms. The van der Waals surface area contributed by atoms with Crippen LogP contribution in [-0.2, 0) is 30.6 Å². The van der Waals surface area contributed by atoms with Gasteiger partial charge in [-0.25, -0.2) is 22.0 Å². The Morgan fingerprint density at radius 1 is 1.00 bits per heavy atom. The van der Waals surface area contributed by atoms with E-state index in [9.17, 15) is 21.6 Å². The van der Waals surface area contributed by atoms with Crippen molar-refractivity contribution in [3.8, 4) is 0 Å². The SMILES string of the molecule is Cc1ccc(S(=O)(=O)N2CCN(CC(=O)Nc3cccc(CS(N)(=O)=O)c3)CC2)cc1. The molecular formula is C20H26N4O5S2. The number of nitrogens with two attached hydrogens (primary N) is 1. The predicted molar refractivity (Wildman–Crippen MR) is 118 cm³/mol. The van der Waals surface area contributed by atoms with Gasteiger partial charge in [0, 0.05) is 31.9 Å². The van der Waals surface area contributed by atoms with Crippen molar-refractivity contribution >= 4 is 31.6 Å². The van der Waals surface area contributed by atoms with Gasteiger partial charge in [-0.3, -0.25) is 9.69 Å². The first-order chi connectivity index (χ1) is 14.5. The van der Waals surface area contributed by atoms with Gasteiger partial charge >= 0.3 is 0 Å². The van der Waals surface area contributed by atoms with Gasteiger partial charge in [0.05, 0.1) is 17.2 Å². The van der Waals surface area contributed by atoms with Gasteiger partial charge < -0.3 is 5.32 Å². The summed E-state index contributed by atoms with van der Waals surface area (Å²) in [6.07, 6.45) is 0. The molecule has 1 aliphatic heterocycles. The summed E-state index contributed by atoms with van der Waals surface area (Å²) in [5, 5.41) is 7.80. The number of amides is 1. The molecule has 3 rings (SSSR count). The van der Waals surface area contributed by atoms with Gasteiger partial charge in [0.15, 0.2) is 0 Å². The Hall–Kier alpha value is -2.31. The molecule has 1 amide bonds. The van der Waals surface area contributed by atoms with Crippen LogP contribution in [-0.4, -0.2) is 64.7 Å². The Kier molecular flexibility index (Phi) is 7.12. The Balaban J connectivity index is 1.53. The molecule has 0 aromatic heterocycles. The smallest absolute Gasteiger partial charge is 0.243 e. The molecule has 1 heterocycles. The normalized spacial score (nSPS) is 16.2. The minimum absolute atomic E-state index is 0.109. The van der Waals surface area contributed by atoms with Crippen LogP contribution in [0.4, 0.5) is 5.69 Å². The van der Waals surface area contributed by atoms with Crippen LogP contribution in [0.5, 0.6) is 0 Å². The number of nitrogens with one attached hydrogen (secondary N) is 1. The van der Waals surface area contributed by atoms with E-state index in [1.54, 1.807) is 48.5 Å². The van der Waals surface area contributed by atoms with E-state index in [2.05, 4.69) is 5.32 Å². The van der Waals surface area contributed by atoms with Crippen LogP contribution in [0.3, 0.4) is 0 Å². The van der Waals surface area contributed by atoms with Crippen molar-refractivity contribution in [2.24, 2.45) is 5.14 Å². The Morgan fingerprint density at radius 3 is 2.26 bits per heavy atom. The van der Waals surface area contributed by atoms with Crippen molar-refractivity contribution in [3.63, 3.8) is 0 Å². The molecule has 3 N–H and O–H groups in total. The third-order valence-corrected chi connectivity index (χ3v) is 7.58. The second kappa shape index (κ2) is 9.45. The summed E-state index contributed by atoms with van der Waals surface area (Å²) in [4.78, 5) is 14.5. The van der Waals surface area contributed by atoms with E-state index in [1.165, 1.54) is 4.31 Å². The highest BCUT2D eigenvalue weighted by molar-refractivity contribution is 7.89. The van der Waals surface area contributed by atoms with Gasteiger partial charge in [-0.15, -0.1) is 0 Å². The van der Waals surface area contributed by atoms with E-state index in [0.29, 0.717) is 37.4 Å². The first-order valence-corrected chi connectivity index (χ1v) is 12.9. The summed E-state index contributed by atoms with van der Waals surface area (Å²) in [7, 11) is -7.21. The zero-order valence-electron chi connectivity index (χ0n) is 17.2. The lowest BCUT2D eigenvalue weighted by atomic mass is 10.2. The van der Waals surface area contributed by atoms with Gasteiger partial charge in [-0.05, 0) is 36.8 Å². The van der Waals surface area contributed by atoms with Crippen LogP contribution < -0.4 is 10.5 Å². The summed E-state index contributed by atoms with van der Waals surface area (Å²) in [5.74, 6) is -0.573. The van der Waals surface area contributed by atoms with E-state index in [4.69, 9.17) is 5.14 Å². The van der Waals surface area contributed by atoms with Crippen LogP contribution in [0.1, 0.15) is 11.1 Å². The van der Waals surface area contributed by atoms with Crippen LogP contribution in [0.15, 0.2) is 53.4 Å². The van der Waals surface area contributed by atoms with Crippen molar-refractivity contribution in [1.29, 1.82) is 0 Å². The average Bonchev–Trinajstić information content (AvgIpc) is 2.67. The number of carbonyl (C=O) groups is 1. The molecule has 0 unspecified atom stereocenters. The number of carbonyl (C=O) groups excluding carboxylic acids is 1. The molecular weight excluding hydrogens is 440 g/mol. The number of piperazine rings is 1. The summed E-state index contributed by atoms with van der Waals surface area (Å²) in [6, 6.07) is 13.2. The number of sulfonamides is 2. The zero-order valence-corrected chi connectivity index (χ0v) is 18.8. The van der Waals surface area contributed by atoms with Crippen molar-refractivity contribution < 1.29 is 21.6 Å². The second-order valence-corrected chi connectivity index (χ2v) is 11.1. The minimum Gasteiger partial charge on any atom is -0.325 e. The molecule has 0 saturated carbocycles. The molecule has 2 aromatic carbocycles. The van der Waals surface area contributed by atoms with Crippen LogP contribution in [0.25, 0.3) is 0 Å². The summed E-state index contributed by atoms with van der Waals surface area (Å²) in [5.41, 5.74) is 1.95. The fourth-order valence-corrected chi connectivity index (χ4v) is 5.43. The molecule has 2 aromatic rings. The number of nitrogens with zero attached hydrogens (tertiary/aromatic N) is 2. The molecule has 1 saturated heterocycles. The van der Waals surface area contributed by atoms with E-state index in [1.807, 2.05) is 11.8 Å². The second-order valence-electron chi connectivity index (χ2n) is 7.55. The molecule has 0 atom stereocenters. The maximum absolute atomic E-state index is 12.8. The molecule has 168 valence electrons. The highest BCUT2D eigenvalue weighted by Crippen LogP contribution is 2.18. The van der Waals surface area contributed by atoms with E-state index < -0.39 is 20.0 Å². The summed E-state index contributed by atoms with van der Waals surface area (Å²) >= 11 is 0. The fourth-order valence-electron chi connectivity index (χ4n) is 3.36. The molecule has 1 aliphatic rings. The highest BCUT2D eigenvalue weighted by Gasteiger charge is 2.29. The van der Waals surface area contributed by atoms with Crippen LogP contribution >= 0.6 is 0 Å². The zero-order chi connectivity index (χ0) is 22.6. The first kappa shape index (κ1) is 23.4. The molecule has 11 heteroatoms. The lowest BCUT2D eigenvalue weighted by molar-refractivity contribution is -0.117. The van der Waals surface area contributed by atoms with E-state index in [-0.39, 0.29) is 23.1 Å². The van der Waals surface area contributed by atoms with Crippen LogP contribution in [0, 0.1) is 6.92 Å². The number of benzene rings is 2. The standard InChI is InChI=1S/C20H26N4O5S2/c1-16-5-7-19(8-6-16)31(28,29)24-11-9-23(10-12-24)14-20(25)22-18-4-2-3-17(13-18)15-30(21,26)27/h2-8,13H,9-12,14-15H2,1H3,(H,22,25)(H2,21,26,27). The largest absolute Gasteiger partial charge is 0.325 e. The minimum atomic E-state index is -3.66. The maximum Gasteiger partial charge on any atom is 0.243 e. The number of aryl methyl sites for hydroxylation is 1. The van der Waals surface area contributed by atoms with E-state index >= 15 is 0 Å². The van der Waals surface area contributed by atoms with Crippen LogP contribution in [0.2, 0.25) is 0 Å². The lowest BCUT2D eigenvalue weighted by Gasteiger charge is -2.33. The maximum atomic E-state index is 12.8. The predicted octanol–water partition coefficient (Wildman–Crippen LogP) is 0.729. The number of primary sulfonamides is 1. The van der Waals surface area contributed by atoms with Gasteiger partial charge in [0.1, 0.15) is 0 Å². The highest BCUT2D eigenvalue weighted by atomic mass is 32.2. The molecule has 9 nitrogen and oxygen atoms in total. The number of hydrogen-bond donors (Lipinski definition) is 2. The molecule has 0 aliphatic carbocycles. The van der Waals surface area contributed by atoms with Gasteiger partial charge in [-0.2, -0.15) is 4.31 Å². The third-order valence-electron chi connectivity index (χ3n) is 4.94. The molecule has 0 radical (unpaired) electrons. The van der Waals surface area contributed by atoms with Crippen molar-refractivity contribution in [1.82, 2.24) is 9.21 Å². The number of hydrogen-bond acceptors (Lipinski definition) is 6. The third kappa shape index (κ3) is 6.58. The molecule has 0 bridgehead atoms. The average molecular weight is 467 g/mol. The summed E-state index contributed by atoms with van der Waals surface area (Å²) in [6.45, 7) is 3.48. The quantitative estimate of drug-likeness (QED) is 0.619. The Morgan fingerprint density at radius 2 is 1.65 bits per heavy atom. The fraction of sp³-hybridized carbons (Fsp3) is 0.350. The Labute approximate surface area is 182 Å². The monoisotopic (exact) mass is 466 g/mol. The van der Waals surface area contributed by atoms with Gasteiger partial charge in [-0.1, -0.05) is 29.8 Å². The van der Waals surface area contributed by atoms with Crippen molar-refractivity contribution in [2.75, 3.05) is 38.0 Å². The molecule has 0 spiro atoms.